The Bertz CT molecular complexity index is 1100. The molecule has 1 aromatic carbocycles. The first-order valence-electron chi connectivity index (χ1n) is 10.1. The summed E-state index contributed by atoms with van der Waals surface area (Å²) >= 11 is 0. The lowest BCUT2D eigenvalue weighted by molar-refractivity contribution is 0.0881. The van der Waals surface area contributed by atoms with Crippen molar-refractivity contribution in [3.63, 3.8) is 0 Å². The van der Waals surface area contributed by atoms with E-state index in [1.807, 2.05) is 18.2 Å². The highest BCUT2D eigenvalue weighted by Crippen LogP contribution is 2.33. The number of aromatic nitrogens is 2. The maximum Gasteiger partial charge on any atom is 0.332 e. The molecule has 2 N–H and O–H groups in total. The molecule has 0 saturated heterocycles. The number of ether oxygens (including phenoxy) is 2. The van der Waals surface area contributed by atoms with Gasteiger partial charge >= 0.3 is 5.69 Å². The Kier molecular flexibility index (Phi) is 5.38. The Balaban J connectivity index is 1.62. The minimum atomic E-state index is -0.657. The van der Waals surface area contributed by atoms with Crippen molar-refractivity contribution in [3.05, 3.63) is 50.2 Å². The topological polar surface area (TPSA) is 109 Å². The summed E-state index contributed by atoms with van der Waals surface area (Å²) in [5, 5.41) is 0. The number of nitrogens with zero attached hydrogens (tertiary/aromatic N) is 3. The van der Waals surface area contributed by atoms with E-state index in [-0.39, 0.29) is 36.5 Å². The first-order chi connectivity index (χ1) is 14.4. The second-order valence-electron chi connectivity index (χ2n) is 7.92. The minimum Gasteiger partial charge on any atom is -0.454 e. The number of hydrogen-bond acceptors (Lipinski definition) is 7. The Morgan fingerprint density at radius 2 is 1.83 bits per heavy atom. The van der Waals surface area contributed by atoms with E-state index in [0.29, 0.717) is 18.0 Å². The van der Waals surface area contributed by atoms with Crippen LogP contribution in [0.1, 0.15) is 41.6 Å². The highest BCUT2D eigenvalue weighted by molar-refractivity contribution is 6.01. The summed E-state index contributed by atoms with van der Waals surface area (Å²) in [6.07, 6.45) is 4.22. The molecule has 2 heterocycles. The molecule has 9 nitrogen and oxygen atoms in total. The smallest absolute Gasteiger partial charge is 0.332 e. The second-order valence-corrected chi connectivity index (χ2v) is 7.92. The number of fused-ring (bicyclic) bond motifs is 1. The van der Waals surface area contributed by atoms with Gasteiger partial charge in [-0.1, -0.05) is 18.9 Å². The van der Waals surface area contributed by atoms with Crippen LogP contribution < -0.4 is 26.5 Å². The van der Waals surface area contributed by atoms with Crippen molar-refractivity contribution < 1.29 is 14.3 Å². The number of Topliss-reactive ketones (excluding diaryl/α,β-unsaturated/α-hetero) is 1. The number of ketones is 1. The van der Waals surface area contributed by atoms with Gasteiger partial charge in [0.25, 0.3) is 5.56 Å². The Labute approximate surface area is 173 Å². The number of benzene rings is 1. The van der Waals surface area contributed by atoms with Crippen LogP contribution in [0, 0.1) is 0 Å². The zero-order chi connectivity index (χ0) is 21.4. The van der Waals surface area contributed by atoms with Gasteiger partial charge < -0.3 is 15.2 Å². The van der Waals surface area contributed by atoms with Crippen LogP contribution in [-0.4, -0.2) is 39.2 Å². The van der Waals surface area contributed by atoms with Gasteiger partial charge in [-0.2, -0.15) is 0 Å². The van der Waals surface area contributed by atoms with Crippen LogP contribution in [0.5, 0.6) is 11.5 Å². The second kappa shape index (κ2) is 7.98. The molecule has 1 saturated carbocycles. The van der Waals surface area contributed by atoms with Gasteiger partial charge in [0.2, 0.25) is 6.79 Å². The molecule has 2 aromatic rings. The number of nitrogens with two attached hydrogens (primary N) is 1. The van der Waals surface area contributed by atoms with E-state index in [0.717, 1.165) is 40.4 Å². The molecule has 0 spiro atoms. The summed E-state index contributed by atoms with van der Waals surface area (Å²) in [6, 6.07) is 6.00. The fraction of sp³-hybridized carbons (Fsp3) is 0.476. The normalized spacial score (nSPS) is 15.8. The molecule has 1 fully saturated rings. The molecule has 160 valence electrons. The van der Waals surface area contributed by atoms with Crippen LogP contribution in [0.4, 0.5) is 5.82 Å². The minimum absolute atomic E-state index is 0.0523. The molecule has 0 unspecified atom stereocenters. The fourth-order valence-electron chi connectivity index (χ4n) is 4.24. The SMILES string of the molecule is Cn1c(N)c(C(=O)CN(Cc2ccc3c(c2)OCO3)C2CCCC2)c(=O)n(C)c1=O. The molecular weight excluding hydrogens is 388 g/mol. The zero-order valence-corrected chi connectivity index (χ0v) is 17.2. The van der Waals surface area contributed by atoms with Crippen LogP contribution in [-0.2, 0) is 20.6 Å². The highest BCUT2D eigenvalue weighted by atomic mass is 16.7. The summed E-state index contributed by atoms with van der Waals surface area (Å²) < 4.78 is 12.9. The van der Waals surface area contributed by atoms with Gasteiger partial charge in [-0.25, -0.2) is 4.79 Å². The maximum atomic E-state index is 13.2. The molecule has 1 aromatic heterocycles. The largest absolute Gasteiger partial charge is 0.454 e. The number of carbonyl (C=O) groups excluding carboxylic acids is 1. The van der Waals surface area contributed by atoms with Crippen LogP contribution in [0.25, 0.3) is 0 Å². The van der Waals surface area contributed by atoms with E-state index in [1.165, 1.54) is 14.1 Å². The van der Waals surface area contributed by atoms with Gasteiger partial charge in [0.1, 0.15) is 11.4 Å². The van der Waals surface area contributed by atoms with Gasteiger partial charge in [-0.3, -0.25) is 23.6 Å². The number of carbonyl (C=O) groups is 1. The molecular formula is C21H26N4O5. The average Bonchev–Trinajstić information content (AvgIpc) is 3.42. The van der Waals surface area contributed by atoms with E-state index < -0.39 is 11.2 Å². The molecule has 30 heavy (non-hydrogen) atoms. The third kappa shape index (κ3) is 3.60. The van der Waals surface area contributed by atoms with Crippen molar-refractivity contribution in [1.82, 2.24) is 14.0 Å². The van der Waals surface area contributed by atoms with E-state index in [2.05, 4.69) is 4.90 Å². The van der Waals surface area contributed by atoms with Crippen molar-refractivity contribution >= 4 is 11.6 Å². The lowest BCUT2D eigenvalue weighted by atomic mass is 10.1. The van der Waals surface area contributed by atoms with Gasteiger partial charge in [0.05, 0.1) is 6.54 Å². The molecule has 4 rings (SSSR count). The quantitative estimate of drug-likeness (QED) is 0.703. The summed E-state index contributed by atoms with van der Waals surface area (Å²) in [6.45, 7) is 0.800. The van der Waals surface area contributed by atoms with Gasteiger partial charge in [0.15, 0.2) is 17.3 Å². The summed E-state index contributed by atoms with van der Waals surface area (Å²) in [4.78, 5) is 39.9. The predicted octanol–water partition coefficient (Wildman–Crippen LogP) is 1.02. The van der Waals surface area contributed by atoms with Gasteiger partial charge in [-0.05, 0) is 30.5 Å². The molecule has 0 atom stereocenters. The Morgan fingerprint density at radius 3 is 2.57 bits per heavy atom. The molecule has 1 aliphatic carbocycles. The molecule has 2 aliphatic rings. The number of nitrogen functional groups attached to an aromatic ring is 1. The molecule has 9 heteroatoms. The lowest BCUT2D eigenvalue weighted by Crippen LogP contribution is -2.44. The summed E-state index contributed by atoms with van der Waals surface area (Å²) in [5.41, 5.74) is 5.64. The van der Waals surface area contributed by atoms with E-state index in [4.69, 9.17) is 15.2 Å². The fourth-order valence-corrected chi connectivity index (χ4v) is 4.24. The Hall–Kier alpha value is -3.07. The number of anilines is 1. The molecule has 0 radical (unpaired) electrons. The first-order valence-corrected chi connectivity index (χ1v) is 10.1. The summed E-state index contributed by atoms with van der Waals surface area (Å²) in [7, 11) is 2.80. The van der Waals surface area contributed by atoms with E-state index in [9.17, 15) is 14.4 Å². The first kappa shape index (κ1) is 20.2. The standard InChI is InChI=1S/C21H26N4O5/c1-23-19(22)18(20(27)24(2)21(23)28)15(26)11-25(14-5-3-4-6-14)10-13-7-8-16-17(9-13)30-12-29-16/h7-9,14H,3-6,10-12,22H2,1-2H3. The van der Waals surface area contributed by atoms with Crippen LogP contribution in [0.2, 0.25) is 0 Å². The Morgan fingerprint density at radius 1 is 1.13 bits per heavy atom. The van der Waals surface area contributed by atoms with Crippen LogP contribution in [0.15, 0.2) is 27.8 Å². The van der Waals surface area contributed by atoms with Crippen molar-refractivity contribution in [2.24, 2.45) is 14.1 Å². The van der Waals surface area contributed by atoms with Gasteiger partial charge in [0, 0.05) is 26.7 Å². The van der Waals surface area contributed by atoms with Gasteiger partial charge in [-0.15, -0.1) is 0 Å². The average molecular weight is 414 g/mol. The van der Waals surface area contributed by atoms with Crippen molar-refractivity contribution in [2.75, 3.05) is 19.1 Å². The predicted molar refractivity (Wildman–Crippen MR) is 111 cm³/mol. The lowest BCUT2D eigenvalue weighted by Gasteiger charge is -2.28. The third-order valence-electron chi connectivity index (χ3n) is 6.00. The van der Waals surface area contributed by atoms with Crippen molar-refractivity contribution in [2.45, 2.75) is 38.3 Å². The molecule has 0 amide bonds. The van der Waals surface area contributed by atoms with Crippen LogP contribution >= 0.6 is 0 Å². The molecule has 1 aliphatic heterocycles. The number of rotatable bonds is 6. The van der Waals surface area contributed by atoms with Crippen LogP contribution in [0.3, 0.4) is 0 Å². The maximum absolute atomic E-state index is 13.2. The zero-order valence-electron chi connectivity index (χ0n) is 17.2. The van der Waals surface area contributed by atoms with E-state index >= 15 is 0 Å². The summed E-state index contributed by atoms with van der Waals surface area (Å²) in [5.74, 6) is 0.934. The monoisotopic (exact) mass is 414 g/mol. The van der Waals surface area contributed by atoms with Crippen molar-refractivity contribution in [3.8, 4) is 11.5 Å². The highest BCUT2D eigenvalue weighted by Gasteiger charge is 2.28. The molecule has 0 bridgehead atoms. The van der Waals surface area contributed by atoms with E-state index in [1.54, 1.807) is 0 Å². The third-order valence-corrected chi connectivity index (χ3v) is 6.00. The number of hydrogen-bond donors (Lipinski definition) is 1. The van der Waals surface area contributed by atoms with Crippen molar-refractivity contribution in [1.29, 1.82) is 0 Å².